The van der Waals surface area contributed by atoms with E-state index in [1.807, 2.05) is 42.6 Å². The third kappa shape index (κ3) is 5.28. The molecule has 3 rings (SSSR count). The Balaban J connectivity index is 1.65. The molecule has 2 aromatic rings. The summed E-state index contributed by atoms with van der Waals surface area (Å²) in [6, 6.07) is 10.0. The van der Waals surface area contributed by atoms with Crippen LogP contribution in [0.25, 0.3) is 0 Å². The third-order valence-corrected chi connectivity index (χ3v) is 6.75. The van der Waals surface area contributed by atoms with Crippen molar-refractivity contribution in [1.29, 1.82) is 0 Å². The number of piperidine rings is 1. The van der Waals surface area contributed by atoms with E-state index >= 15 is 0 Å². The minimum atomic E-state index is 0.0487. The number of nitrogens with zero attached hydrogens (tertiary/aromatic N) is 3. The molecule has 0 saturated carbocycles. The molecule has 26 heavy (non-hydrogen) atoms. The molecule has 2 heterocycles. The summed E-state index contributed by atoms with van der Waals surface area (Å²) in [5.74, 6) is 0.397. The number of likely N-dealkylation sites (tertiary alicyclic amines) is 1. The molecule has 7 heteroatoms. The van der Waals surface area contributed by atoms with Crippen LogP contribution >= 0.6 is 35.3 Å². The molecule has 1 aliphatic rings. The van der Waals surface area contributed by atoms with Crippen LogP contribution in [0.3, 0.4) is 0 Å². The van der Waals surface area contributed by atoms with E-state index in [1.54, 1.807) is 4.90 Å². The van der Waals surface area contributed by atoms with Crippen molar-refractivity contribution in [2.75, 3.05) is 23.7 Å². The zero-order valence-corrected chi connectivity index (χ0v) is 17.3. The maximum Gasteiger partial charge on any atom is 0.239 e. The number of aromatic nitrogens is 1. The predicted octanol–water partition coefficient (Wildman–Crippen LogP) is 4.49. The number of benzene rings is 1. The predicted molar refractivity (Wildman–Crippen MR) is 115 cm³/mol. The van der Waals surface area contributed by atoms with Gasteiger partial charge in [-0.2, -0.15) is 0 Å². The Morgan fingerprint density at radius 2 is 2.00 bits per heavy atom. The molecule has 0 bridgehead atoms. The van der Waals surface area contributed by atoms with Crippen molar-refractivity contribution < 1.29 is 4.79 Å². The van der Waals surface area contributed by atoms with Crippen LogP contribution in [0.15, 0.2) is 35.7 Å². The number of aryl methyl sites for hydroxylation is 1. The lowest BCUT2D eigenvalue weighted by atomic mass is 10.1. The molecule has 0 spiro atoms. The second-order valence-electron chi connectivity index (χ2n) is 6.34. The van der Waals surface area contributed by atoms with E-state index in [0.717, 1.165) is 33.8 Å². The van der Waals surface area contributed by atoms with Gasteiger partial charge in [0, 0.05) is 18.5 Å². The first-order chi connectivity index (χ1) is 12.6. The van der Waals surface area contributed by atoms with Crippen molar-refractivity contribution in [3.05, 3.63) is 47.0 Å². The van der Waals surface area contributed by atoms with E-state index < -0.39 is 0 Å². The lowest BCUT2D eigenvalue weighted by molar-refractivity contribution is -0.116. The number of carbonyl (C=O) groups is 1. The Bertz CT molecular complexity index is 741. The molecule has 1 fully saturated rings. The van der Waals surface area contributed by atoms with Crippen molar-refractivity contribution in [2.45, 2.75) is 32.7 Å². The molecule has 1 aromatic carbocycles. The smallest absolute Gasteiger partial charge is 0.239 e. The van der Waals surface area contributed by atoms with Gasteiger partial charge in [-0.15, -0.1) is 11.3 Å². The monoisotopic (exact) mass is 405 g/mol. The molecule has 0 atom stereocenters. The van der Waals surface area contributed by atoms with Crippen molar-refractivity contribution in [1.82, 2.24) is 9.88 Å². The molecule has 1 amide bonds. The van der Waals surface area contributed by atoms with Crippen molar-refractivity contribution in [2.24, 2.45) is 0 Å². The molecule has 0 unspecified atom stereocenters. The molecule has 138 valence electrons. The Labute approximate surface area is 168 Å². The number of thioether (sulfide) groups is 1. The summed E-state index contributed by atoms with van der Waals surface area (Å²) in [4.78, 5) is 21.5. The third-order valence-electron chi connectivity index (χ3n) is 4.26. The summed E-state index contributed by atoms with van der Waals surface area (Å²) in [5, 5.41) is 2.73. The first-order valence-electron chi connectivity index (χ1n) is 8.81. The van der Waals surface area contributed by atoms with Crippen LogP contribution in [-0.2, 0) is 11.3 Å². The quantitative estimate of drug-likeness (QED) is 0.685. The van der Waals surface area contributed by atoms with E-state index in [0.29, 0.717) is 12.3 Å². The fourth-order valence-corrected chi connectivity index (χ4v) is 4.81. The lowest BCUT2D eigenvalue weighted by Gasteiger charge is -2.28. The number of thiocarbonyl (C=S) groups is 1. The van der Waals surface area contributed by atoms with Crippen LogP contribution in [0.2, 0.25) is 0 Å². The number of hydrogen-bond donors (Lipinski definition) is 0. The average molecular weight is 406 g/mol. The van der Waals surface area contributed by atoms with Gasteiger partial charge in [0.25, 0.3) is 0 Å². The normalized spacial score (nSPS) is 14.3. The van der Waals surface area contributed by atoms with E-state index in [9.17, 15) is 4.79 Å². The molecule has 1 aromatic heterocycles. The van der Waals surface area contributed by atoms with Gasteiger partial charge in [0.05, 0.1) is 18.0 Å². The first-order valence-corrected chi connectivity index (χ1v) is 11.1. The van der Waals surface area contributed by atoms with Crippen LogP contribution in [0.1, 0.15) is 30.5 Å². The van der Waals surface area contributed by atoms with Gasteiger partial charge in [0.1, 0.15) is 4.32 Å². The number of thiazole rings is 1. The summed E-state index contributed by atoms with van der Waals surface area (Å²) in [6.45, 7) is 4.51. The SMILES string of the molecule is Cc1csc(N(Cc2ccccc2)C(=O)CSC(=S)N2CCCCC2)n1. The molecule has 1 saturated heterocycles. The Kier molecular flexibility index (Phi) is 7.05. The van der Waals surface area contributed by atoms with E-state index in [-0.39, 0.29) is 5.91 Å². The van der Waals surface area contributed by atoms with Crippen molar-refractivity contribution in [3.63, 3.8) is 0 Å². The number of carbonyl (C=O) groups excluding carboxylic acids is 1. The Morgan fingerprint density at radius 3 is 2.65 bits per heavy atom. The van der Waals surface area contributed by atoms with Crippen molar-refractivity contribution in [3.8, 4) is 0 Å². The molecule has 0 N–H and O–H groups in total. The summed E-state index contributed by atoms with van der Waals surface area (Å²) >= 11 is 8.52. The van der Waals surface area contributed by atoms with E-state index in [1.165, 1.54) is 42.4 Å². The van der Waals surface area contributed by atoms with Crippen LogP contribution < -0.4 is 4.90 Å². The molecular weight excluding hydrogens is 382 g/mol. The lowest BCUT2D eigenvalue weighted by Crippen LogP contribution is -2.35. The van der Waals surface area contributed by atoms with Crippen LogP contribution in [0.5, 0.6) is 0 Å². The van der Waals surface area contributed by atoms with Gasteiger partial charge >= 0.3 is 0 Å². The largest absolute Gasteiger partial charge is 0.358 e. The van der Waals surface area contributed by atoms with Gasteiger partial charge in [0.15, 0.2) is 5.13 Å². The summed E-state index contributed by atoms with van der Waals surface area (Å²) < 4.78 is 0.841. The van der Waals surface area contributed by atoms with Crippen molar-refractivity contribution >= 4 is 50.7 Å². The highest BCUT2D eigenvalue weighted by Crippen LogP contribution is 2.24. The minimum absolute atomic E-state index is 0.0487. The van der Waals surface area contributed by atoms with Gasteiger partial charge in [-0.05, 0) is 31.7 Å². The molecule has 0 radical (unpaired) electrons. The standard InChI is InChI=1S/C19H23N3OS3/c1-15-13-25-18(20-15)22(12-16-8-4-2-5-9-16)17(23)14-26-19(24)21-10-6-3-7-11-21/h2,4-5,8-9,13H,3,6-7,10-12,14H2,1H3. The summed E-state index contributed by atoms with van der Waals surface area (Å²) in [6.07, 6.45) is 3.65. The molecule has 1 aliphatic heterocycles. The molecule has 4 nitrogen and oxygen atoms in total. The second kappa shape index (κ2) is 9.48. The number of rotatable bonds is 5. The second-order valence-corrected chi connectivity index (χ2v) is 8.78. The zero-order valence-electron chi connectivity index (χ0n) is 14.9. The molecular formula is C19H23N3OS3. The fraction of sp³-hybridized carbons (Fsp3) is 0.421. The number of anilines is 1. The maximum atomic E-state index is 12.9. The zero-order chi connectivity index (χ0) is 18.4. The highest BCUT2D eigenvalue weighted by atomic mass is 32.2. The van der Waals surface area contributed by atoms with E-state index in [2.05, 4.69) is 9.88 Å². The van der Waals surface area contributed by atoms with Crippen LogP contribution in [0.4, 0.5) is 5.13 Å². The summed E-state index contributed by atoms with van der Waals surface area (Å²) in [5.41, 5.74) is 2.03. The Morgan fingerprint density at radius 1 is 1.27 bits per heavy atom. The van der Waals surface area contributed by atoms with Gasteiger partial charge in [-0.3, -0.25) is 9.69 Å². The Hall–Kier alpha value is -1.44. The van der Waals surface area contributed by atoms with Gasteiger partial charge in [-0.25, -0.2) is 4.98 Å². The van der Waals surface area contributed by atoms with E-state index in [4.69, 9.17) is 12.2 Å². The fourth-order valence-electron chi connectivity index (χ4n) is 2.86. The number of hydrogen-bond acceptors (Lipinski definition) is 5. The highest BCUT2D eigenvalue weighted by Gasteiger charge is 2.21. The minimum Gasteiger partial charge on any atom is -0.358 e. The van der Waals surface area contributed by atoms with Gasteiger partial charge in [-0.1, -0.05) is 54.3 Å². The highest BCUT2D eigenvalue weighted by molar-refractivity contribution is 8.23. The maximum absolute atomic E-state index is 12.9. The topological polar surface area (TPSA) is 36.4 Å². The molecule has 0 aliphatic carbocycles. The first kappa shape index (κ1) is 19.3. The van der Waals surface area contributed by atoms with Crippen LogP contribution in [0, 0.1) is 6.92 Å². The summed E-state index contributed by atoms with van der Waals surface area (Å²) in [7, 11) is 0. The van der Waals surface area contributed by atoms with Gasteiger partial charge < -0.3 is 4.90 Å². The van der Waals surface area contributed by atoms with Crippen LogP contribution in [-0.4, -0.2) is 39.0 Å². The number of amides is 1. The van der Waals surface area contributed by atoms with Gasteiger partial charge in [0.2, 0.25) is 5.91 Å². The average Bonchev–Trinajstić information content (AvgIpc) is 3.11.